The number of anilines is 2. The zero-order chi connectivity index (χ0) is 14.7. The molecular weight excluding hydrogens is 257 g/mol. The lowest BCUT2D eigenvalue weighted by Crippen LogP contribution is -2.23. The summed E-state index contributed by atoms with van der Waals surface area (Å²) in [7, 11) is 1.81. The van der Waals surface area contributed by atoms with Crippen LogP contribution >= 0.6 is 0 Å². The van der Waals surface area contributed by atoms with Gasteiger partial charge in [0.15, 0.2) is 0 Å². The van der Waals surface area contributed by atoms with Crippen LogP contribution in [0.25, 0.3) is 0 Å². The largest absolute Gasteiger partial charge is 0.397 e. The van der Waals surface area contributed by atoms with E-state index < -0.39 is 5.91 Å². The Balaban J connectivity index is 2.31. The summed E-state index contributed by atoms with van der Waals surface area (Å²) in [6, 6.07) is 11.2. The molecule has 0 fully saturated rings. The number of hydrogen-bond acceptors (Lipinski definition) is 3. The van der Waals surface area contributed by atoms with E-state index in [1.54, 1.807) is 30.3 Å². The third-order valence-corrected chi connectivity index (χ3v) is 3.05. The minimum atomic E-state index is -0.529. The van der Waals surface area contributed by atoms with Gasteiger partial charge in [-0.1, -0.05) is 18.2 Å². The van der Waals surface area contributed by atoms with E-state index in [-0.39, 0.29) is 5.82 Å². The monoisotopic (exact) mass is 273 g/mol. The molecule has 0 saturated carbocycles. The van der Waals surface area contributed by atoms with Gasteiger partial charge in [-0.05, 0) is 29.8 Å². The number of carbonyl (C=O) groups is 1. The van der Waals surface area contributed by atoms with Crippen molar-refractivity contribution >= 4 is 17.3 Å². The number of hydrogen-bond donors (Lipinski definition) is 2. The summed E-state index contributed by atoms with van der Waals surface area (Å²) >= 11 is 0. The highest BCUT2D eigenvalue weighted by Crippen LogP contribution is 2.27. The van der Waals surface area contributed by atoms with Gasteiger partial charge in [0.2, 0.25) is 0 Å². The number of halogens is 1. The second kappa shape index (κ2) is 5.61. The van der Waals surface area contributed by atoms with Crippen molar-refractivity contribution in [1.82, 2.24) is 0 Å². The van der Waals surface area contributed by atoms with Gasteiger partial charge in [-0.25, -0.2) is 4.39 Å². The molecule has 0 aliphatic carbocycles. The predicted molar refractivity (Wildman–Crippen MR) is 77.9 cm³/mol. The molecule has 5 heteroatoms. The maximum atomic E-state index is 12.9. The van der Waals surface area contributed by atoms with E-state index in [0.717, 1.165) is 5.56 Å². The lowest BCUT2D eigenvalue weighted by atomic mass is 10.1. The van der Waals surface area contributed by atoms with E-state index in [1.807, 2.05) is 11.9 Å². The van der Waals surface area contributed by atoms with Crippen molar-refractivity contribution in [1.29, 1.82) is 0 Å². The first-order valence-electron chi connectivity index (χ1n) is 6.13. The molecule has 0 atom stereocenters. The molecule has 1 amide bonds. The molecule has 0 unspecified atom stereocenters. The van der Waals surface area contributed by atoms with E-state index in [1.165, 1.54) is 12.1 Å². The number of nitrogen functional groups attached to an aromatic ring is 1. The molecule has 4 N–H and O–H groups in total. The Morgan fingerprint density at radius 1 is 1.20 bits per heavy atom. The van der Waals surface area contributed by atoms with Crippen LogP contribution in [-0.2, 0) is 6.54 Å². The van der Waals surface area contributed by atoms with Crippen LogP contribution in [0, 0.1) is 5.82 Å². The highest BCUT2D eigenvalue weighted by molar-refractivity contribution is 6.01. The molecule has 0 bridgehead atoms. The molecule has 0 spiro atoms. The summed E-state index contributed by atoms with van der Waals surface area (Å²) < 4.78 is 12.9. The van der Waals surface area contributed by atoms with Crippen LogP contribution in [0.1, 0.15) is 15.9 Å². The van der Waals surface area contributed by atoms with Crippen LogP contribution in [-0.4, -0.2) is 13.0 Å². The van der Waals surface area contributed by atoms with Crippen LogP contribution in [0.15, 0.2) is 42.5 Å². The third-order valence-electron chi connectivity index (χ3n) is 3.05. The standard InChI is InChI=1S/C15H16FN3O/c1-19(9-10-5-7-11(16)8-6-10)14-12(15(18)20)3-2-4-13(14)17/h2-8H,9,17H2,1H3,(H2,18,20). The van der Waals surface area contributed by atoms with Crippen molar-refractivity contribution in [3.63, 3.8) is 0 Å². The summed E-state index contributed by atoms with van der Waals surface area (Å²) in [4.78, 5) is 13.3. The number of rotatable bonds is 4. The fraction of sp³-hybridized carbons (Fsp3) is 0.133. The van der Waals surface area contributed by atoms with Gasteiger partial charge in [0.05, 0.1) is 16.9 Å². The second-order valence-electron chi connectivity index (χ2n) is 4.59. The number of carbonyl (C=O) groups excluding carboxylic acids is 1. The Labute approximate surface area is 116 Å². The van der Waals surface area contributed by atoms with Gasteiger partial charge < -0.3 is 16.4 Å². The van der Waals surface area contributed by atoms with Crippen molar-refractivity contribution in [3.8, 4) is 0 Å². The second-order valence-corrected chi connectivity index (χ2v) is 4.59. The zero-order valence-electron chi connectivity index (χ0n) is 11.1. The average molecular weight is 273 g/mol. The van der Waals surface area contributed by atoms with E-state index in [4.69, 9.17) is 11.5 Å². The fourth-order valence-electron chi connectivity index (χ4n) is 2.13. The van der Waals surface area contributed by atoms with Crippen LogP contribution in [0.5, 0.6) is 0 Å². The topological polar surface area (TPSA) is 72.3 Å². The molecule has 20 heavy (non-hydrogen) atoms. The summed E-state index contributed by atoms with van der Waals surface area (Å²) in [5, 5.41) is 0. The lowest BCUT2D eigenvalue weighted by molar-refractivity contribution is 0.100. The Morgan fingerprint density at radius 3 is 2.45 bits per heavy atom. The first-order valence-corrected chi connectivity index (χ1v) is 6.13. The smallest absolute Gasteiger partial charge is 0.250 e. The maximum Gasteiger partial charge on any atom is 0.250 e. The van der Waals surface area contributed by atoms with Gasteiger partial charge in [0, 0.05) is 13.6 Å². The number of nitrogens with two attached hydrogens (primary N) is 2. The maximum absolute atomic E-state index is 12.9. The van der Waals surface area contributed by atoms with E-state index in [2.05, 4.69) is 0 Å². The van der Waals surface area contributed by atoms with Crippen LogP contribution in [0.3, 0.4) is 0 Å². The number of para-hydroxylation sites is 1. The van der Waals surface area contributed by atoms with Gasteiger partial charge in [0.25, 0.3) is 5.91 Å². The van der Waals surface area contributed by atoms with E-state index in [0.29, 0.717) is 23.5 Å². The van der Waals surface area contributed by atoms with Crippen LogP contribution in [0.4, 0.5) is 15.8 Å². The third kappa shape index (κ3) is 2.88. The van der Waals surface area contributed by atoms with Crippen molar-refractivity contribution in [2.45, 2.75) is 6.54 Å². The van der Waals surface area contributed by atoms with Gasteiger partial charge in [0.1, 0.15) is 5.82 Å². The minimum absolute atomic E-state index is 0.284. The molecule has 0 saturated heterocycles. The van der Waals surface area contributed by atoms with Crippen LogP contribution < -0.4 is 16.4 Å². The predicted octanol–water partition coefficient (Wildman–Crippen LogP) is 2.14. The summed E-state index contributed by atoms with van der Waals surface area (Å²) in [5.74, 6) is -0.813. The molecule has 4 nitrogen and oxygen atoms in total. The highest BCUT2D eigenvalue weighted by atomic mass is 19.1. The fourth-order valence-corrected chi connectivity index (χ4v) is 2.13. The number of primary amides is 1. The zero-order valence-corrected chi connectivity index (χ0v) is 11.1. The Bertz CT molecular complexity index is 626. The molecule has 0 heterocycles. The first kappa shape index (κ1) is 13.9. The molecule has 2 aromatic carbocycles. The van der Waals surface area contributed by atoms with Gasteiger partial charge >= 0.3 is 0 Å². The molecule has 104 valence electrons. The lowest BCUT2D eigenvalue weighted by Gasteiger charge is -2.23. The quantitative estimate of drug-likeness (QED) is 0.838. The summed E-state index contributed by atoms with van der Waals surface area (Å²) in [5.41, 5.74) is 13.6. The van der Waals surface area contributed by atoms with E-state index in [9.17, 15) is 9.18 Å². The molecule has 0 aromatic heterocycles. The normalized spacial score (nSPS) is 10.3. The Kier molecular flexibility index (Phi) is 3.89. The number of benzene rings is 2. The molecular formula is C15H16FN3O. The average Bonchev–Trinajstić information content (AvgIpc) is 2.40. The van der Waals surface area contributed by atoms with Gasteiger partial charge in [-0.15, -0.1) is 0 Å². The number of nitrogens with zero attached hydrogens (tertiary/aromatic N) is 1. The van der Waals surface area contributed by atoms with Crippen molar-refractivity contribution in [2.24, 2.45) is 5.73 Å². The van der Waals surface area contributed by atoms with Crippen molar-refractivity contribution in [3.05, 3.63) is 59.4 Å². The molecule has 0 aliphatic rings. The molecule has 2 aromatic rings. The molecule has 0 radical (unpaired) electrons. The van der Waals surface area contributed by atoms with E-state index >= 15 is 0 Å². The molecule has 2 rings (SSSR count). The van der Waals surface area contributed by atoms with Crippen LogP contribution in [0.2, 0.25) is 0 Å². The SMILES string of the molecule is CN(Cc1ccc(F)cc1)c1c(N)cccc1C(N)=O. The minimum Gasteiger partial charge on any atom is -0.397 e. The first-order chi connectivity index (χ1) is 9.49. The van der Waals surface area contributed by atoms with Gasteiger partial charge in [-0.3, -0.25) is 4.79 Å². The Morgan fingerprint density at radius 2 is 1.85 bits per heavy atom. The molecule has 0 aliphatic heterocycles. The summed E-state index contributed by atoms with van der Waals surface area (Å²) in [6.07, 6.45) is 0. The van der Waals surface area contributed by atoms with Gasteiger partial charge in [-0.2, -0.15) is 0 Å². The van der Waals surface area contributed by atoms with Crippen molar-refractivity contribution < 1.29 is 9.18 Å². The summed E-state index contributed by atoms with van der Waals surface area (Å²) in [6.45, 7) is 0.495. The van der Waals surface area contributed by atoms with Crippen molar-refractivity contribution in [2.75, 3.05) is 17.7 Å². The highest BCUT2D eigenvalue weighted by Gasteiger charge is 2.15. The number of amides is 1. The Hall–Kier alpha value is -2.56.